The molecule has 0 bridgehead atoms. The van der Waals surface area contributed by atoms with E-state index in [0.29, 0.717) is 16.0 Å². The molecule has 3 nitrogen and oxygen atoms in total. The third kappa shape index (κ3) is 2.14. The molecule has 0 unspecified atom stereocenters. The van der Waals surface area contributed by atoms with Crippen molar-refractivity contribution in [1.82, 2.24) is 9.97 Å². The lowest BCUT2D eigenvalue weighted by atomic mass is 10.4. The fraction of sp³-hybridized carbons (Fsp3) is 0.111. The molecular weight excluding hydrogens is 298 g/mol. The summed E-state index contributed by atoms with van der Waals surface area (Å²) in [7, 11) is 0. The molecule has 0 aliphatic carbocycles. The SMILES string of the molecule is Cc1nc(-c2ccc(Cl)s2)nc(N)c1Br. The molecule has 0 atom stereocenters. The molecule has 2 rings (SSSR count). The number of anilines is 1. The molecule has 6 heteroatoms. The van der Waals surface area contributed by atoms with Crippen LogP contribution < -0.4 is 5.73 Å². The number of aromatic nitrogens is 2. The number of aryl methyl sites for hydroxylation is 1. The standard InChI is InChI=1S/C9H7BrClN3S/c1-4-7(10)8(12)14-9(13-4)5-2-3-6(11)15-5/h2-3H,1H3,(H2,12,13,14). The summed E-state index contributed by atoms with van der Waals surface area (Å²) >= 11 is 10.6. The lowest BCUT2D eigenvalue weighted by Gasteiger charge is -2.03. The molecule has 2 heterocycles. The van der Waals surface area contributed by atoms with Gasteiger partial charge in [0.1, 0.15) is 5.82 Å². The van der Waals surface area contributed by atoms with Gasteiger partial charge in [-0.3, -0.25) is 0 Å². The summed E-state index contributed by atoms with van der Waals surface area (Å²) < 4.78 is 1.46. The Bertz CT molecular complexity index is 489. The van der Waals surface area contributed by atoms with Gasteiger partial charge in [-0.2, -0.15) is 0 Å². The molecule has 2 aromatic rings. The molecular formula is C9H7BrClN3S. The van der Waals surface area contributed by atoms with Gasteiger partial charge >= 0.3 is 0 Å². The van der Waals surface area contributed by atoms with Gasteiger partial charge in [-0.05, 0) is 35.0 Å². The number of nitrogen functional groups attached to an aromatic ring is 1. The predicted octanol–water partition coefficient (Wildman–Crippen LogP) is 3.51. The second-order valence-corrected chi connectivity index (χ2v) is 5.44. The number of nitrogens with two attached hydrogens (primary N) is 1. The zero-order valence-electron chi connectivity index (χ0n) is 7.79. The normalized spacial score (nSPS) is 10.6. The van der Waals surface area contributed by atoms with E-state index in [4.69, 9.17) is 17.3 Å². The van der Waals surface area contributed by atoms with Crippen molar-refractivity contribution in [2.75, 3.05) is 5.73 Å². The molecule has 15 heavy (non-hydrogen) atoms. The predicted molar refractivity (Wildman–Crippen MR) is 67.2 cm³/mol. The Morgan fingerprint density at radius 2 is 2.13 bits per heavy atom. The largest absolute Gasteiger partial charge is 0.383 e. The molecule has 0 spiro atoms. The summed E-state index contributed by atoms with van der Waals surface area (Å²) in [5.41, 5.74) is 6.56. The number of nitrogens with zero attached hydrogens (tertiary/aromatic N) is 2. The average Bonchev–Trinajstić information content (AvgIpc) is 2.60. The number of thiophene rings is 1. The fourth-order valence-corrected chi connectivity index (χ4v) is 2.28. The van der Waals surface area contributed by atoms with E-state index in [1.807, 2.05) is 19.1 Å². The van der Waals surface area contributed by atoms with Crippen molar-refractivity contribution >= 4 is 44.7 Å². The number of halogens is 2. The zero-order valence-corrected chi connectivity index (χ0v) is 10.9. The summed E-state index contributed by atoms with van der Waals surface area (Å²) in [4.78, 5) is 9.44. The van der Waals surface area contributed by atoms with Crippen LogP contribution in [0.2, 0.25) is 4.34 Å². The van der Waals surface area contributed by atoms with E-state index in [2.05, 4.69) is 25.9 Å². The molecule has 0 fully saturated rings. The maximum absolute atomic E-state index is 5.84. The maximum Gasteiger partial charge on any atom is 0.171 e. The Kier molecular flexibility index (Phi) is 2.95. The summed E-state index contributed by atoms with van der Waals surface area (Å²) in [6.07, 6.45) is 0. The van der Waals surface area contributed by atoms with E-state index in [9.17, 15) is 0 Å². The van der Waals surface area contributed by atoms with Crippen LogP contribution in [0.25, 0.3) is 10.7 Å². The van der Waals surface area contributed by atoms with Crippen molar-refractivity contribution in [2.45, 2.75) is 6.92 Å². The van der Waals surface area contributed by atoms with Gasteiger partial charge in [0.2, 0.25) is 0 Å². The minimum absolute atomic E-state index is 0.446. The number of hydrogen-bond donors (Lipinski definition) is 1. The highest BCUT2D eigenvalue weighted by molar-refractivity contribution is 9.10. The summed E-state index contributed by atoms with van der Waals surface area (Å²) in [5, 5.41) is 0. The maximum atomic E-state index is 5.84. The first-order valence-electron chi connectivity index (χ1n) is 4.13. The van der Waals surface area contributed by atoms with Crippen LogP contribution in [0, 0.1) is 6.92 Å². The third-order valence-electron chi connectivity index (χ3n) is 1.84. The minimum atomic E-state index is 0.446. The van der Waals surface area contributed by atoms with Gasteiger partial charge < -0.3 is 5.73 Å². The molecule has 78 valence electrons. The highest BCUT2D eigenvalue weighted by atomic mass is 79.9. The molecule has 0 radical (unpaired) electrons. The van der Waals surface area contributed by atoms with Gasteiger partial charge in [0, 0.05) is 0 Å². The van der Waals surface area contributed by atoms with Gasteiger partial charge in [-0.25, -0.2) is 9.97 Å². The monoisotopic (exact) mass is 303 g/mol. The third-order valence-corrected chi connectivity index (χ3v) is 4.04. The lowest BCUT2D eigenvalue weighted by molar-refractivity contribution is 1.11. The molecule has 0 aromatic carbocycles. The van der Waals surface area contributed by atoms with Crippen molar-refractivity contribution in [3.8, 4) is 10.7 Å². The quantitative estimate of drug-likeness (QED) is 0.877. The smallest absolute Gasteiger partial charge is 0.171 e. The first-order chi connectivity index (χ1) is 7.08. The van der Waals surface area contributed by atoms with Crippen molar-refractivity contribution in [3.63, 3.8) is 0 Å². The van der Waals surface area contributed by atoms with Crippen LogP contribution in [0.3, 0.4) is 0 Å². The van der Waals surface area contributed by atoms with E-state index < -0.39 is 0 Å². The van der Waals surface area contributed by atoms with Crippen LogP contribution in [0.4, 0.5) is 5.82 Å². The van der Waals surface area contributed by atoms with E-state index in [-0.39, 0.29) is 0 Å². The Balaban J connectivity index is 2.55. The number of rotatable bonds is 1. The van der Waals surface area contributed by atoms with Crippen LogP contribution in [-0.2, 0) is 0 Å². The number of hydrogen-bond acceptors (Lipinski definition) is 4. The second-order valence-electron chi connectivity index (χ2n) is 2.94. The molecule has 2 N–H and O–H groups in total. The topological polar surface area (TPSA) is 51.8 Å². The molecule has 2 aromatic heterocycles. The highest BCUT2D eigenvalue weighted by Gasteiger charge is 2.09. The molecule has 0 aliphatic heterocycles. The fourth-order valence-electron chi connectivity index (χ4n) is 1.13. The van der Waals surface area contributed by atoms with E-state index >= 15 is 0 Å². The molecule has 0 saturated carbocycles. The van der Waals surface area contributed by atoms with Gasteiger partial charge in [-0.15, -0.1) is 11.3 Å². The van der Waals surface area contributed by atoms with Crippen LogP contribution in [0.5, 0.6) is 0 Å². The Morgan fingerprint density at radius 3 is 2.67 bits per heavy atom. The van der Waals surface area contributed by atoms with Crippen molar-refractivity contribution in [2.24, 2.45) is 0 Å². The first-order valence-corrected chi connectivity index (χ1v) is 6.12. The van der Waals surface area contributed by atoms with Crippen LogP contribution in [0.1, 0.15) is 5.69 Å². The van der Waals surface area contributed by atoms with Gasteiger partial charge in [-0.1, -0.05) is 11.6 Å². The van der Waals surface area contributed by atoms with Gasteiger partial charge in [0.25, 0.3) is 0 Å². The van der Waals surface area contributed by atoms with Crippen LogP contribution in [-0.4, -0.2) is 9.97 Å². The zero-order chi connectivity index (χ0) is 11.0. The van der Waals surface area contributed by atoms with E-state index in [0.717, 1.165) is 15.0 Å². The molecule has 0 aliphatic rings. The second kappa shape index (κ2) is 4.08. The Labute approximate surface area is 104 Å². The van der Waals surface area contributed by atoms with Crippen molar-refractivity contribution in [3.05, 3.63) is 26.6 Å². The van der Waals surface area contributed by atoms with Crippen LogP contribution in [0.15, 0.2) is 16.6 Å². The Hall–Kier alpha value is -0.650. The summed E-state index contributed by atoms with van der Waals surface area (Å²) in [6, 6.07) is 3.70. The van der Waals surface area contributed by atoms with E-state index in [1.165, 1.54) is 11.3 Å². The van der Waals surface area contributed by atoms with Crippen molar-refractivity contribution < 1.29 is 0 Å². The Morgan fingerprint density at radius 1 is 1.40 bits per heavy atom. The van der Waals surface area contributed by atoms with Crippen LogP contribution >= 0.6 is 38.9 Å². The summed E-state index contributed by atoms with van der Waals surface area (Å²) in [6.45, 7) is 1.88. The highest BCUT2D eigenvalue weighted by Crippen LogP contribution is 2.31. The van der Waals surface area contributed by atoms with Crippen molar-refractivity contribution in [1.29, 1.82) is 0 Å². The molecule has 0 saturated heterocycles. The average molecular weight is 305 g/mol. The van der Waals surface area contributed by atoms with Gasteiger partial charge in [0.05, 0.1) is 19.4 Å². The summed E-state index contributed by atoms with van der Waals surface area (Å²) in [5.74, 6) is 1.06. The first kappa shape index (κ1) is 10.9. The minimum Gasteiger partial charge on any atom is -0.383 e. The molecule has 0 amide bonds. The lowest BCUT2D eigenvalue weighted by Crippen LogP contribution is -1.99. The van der Waals surface area contributed by atoms with E-state index in [1.54, 1.807) is 0 Å². The van der Waals surface area contributed by atoms with Gasteiger partial charge in [0.15, 0.2) is 5.82 Å².